The van der Waals surface area contributed by atoms with Gasteiger partial charge in [-0.2, -0.15) is 5.26 Å². The number of nitriles is 1. The van der Waals surface area contributed by atoms with Crippen LogP contribution in [-0.2, 0) is 11.3 Å². The Bertz CT molecular complexity index is 790. The molecule has 0 spiro atoms. The molecule has 2 aromatic rings. The van der Waals surface area contributed by atoms with E-state index in [0.29, 0.717) is 12.1 Å². The lowest BCUT2D eigenvalue weighted by Gasteiger charge is -2.32. The molecule has 0 radical (unpaired) electrons. The Morgan fingerprint density at radius 1 is 1.31 bits per heavy atom. The third kappa shape index (κ3) is 4.12. The average molecular weight is 350 g/mol. The Kier molecular flexibility index (Phi) is 5.69. The van der Waals surface area contributed by atoms with Crippen molar-refractivity contribution in [3.63, 3.8) is 0 Å². The quantitative estimate of drug-likeness (QED) is 0.896. The van der Waals surface area contributed by atoms with Gasteiger partial charge in [0, 0.05) is 37.3 Å². The zero-order chi connectivity index (χ0) is 18.4. The maximum Gasteiger partial charge on any atom is 0.223 e. The number of hydrogen-bond acceptors (Lipinski definition) is 5. The van der Waals surface area contributed by atoms with Crippen LogP contribution >= 0.6 is 0 Å². The number of amides is 1. The maximum atomic E-state index is 12.5. The average Bonchev–Trinajstić information content (AvgIpc) is 2.72. The summed E-state index contributed by atoms with van der Waals surface area (Å²) < 4.78 is 5.32. The number of rotatable bonds is 5. The van der Waals surface area contributed by atoms with Gasteiger partial charge in [0.25, 0.3) is 0 Å². The zero-order valence-corrected chi connectivity index (χ0v) is 14.8. The van der Waals surface area contributed by atoms with Crippen LogP contribution < -0.4 is 15.0 Å². The van der Waals surface area contributed by atoms with Gasteiger partial charge in [0.15, 0.2) is 0 Å². The summed E-state index contributed by atoms with van der Waals surface area (Å²) in [6.45, 7) is 2.04. The molecular weight excluding hydrogens is 328 g/mol. The first-order valence-corrected chi connectivity index (χ1v) is 8.72. The topological polar surface area (TPSA) is 78.2 Å². The number of para-hydroxylation sites is 1. The van der Waals surface area contributed by atoms with E-state index in [1.54, 1.807) is 19.4 Å². The van der Waals surface area contributed by atoms with Gasteiger partial charge in [-0.05, 0) is 31.0 Å². The number of carbonyl (C=O) groups is 1. The van der Waals surface area contributed by atoms with Crippen molar-refractivity contribution in [2.24, 2.45) is 5.92 Å². The minimum absolute atomic E-state index is 0.0133. The maximum absolute atomic E-state index is 12.5. The van der Waals surface area contributed by atoms with Crippen molar-refractivity contribution in [3.8, 4) is 11.8 Å². The van der Waals surface area contributed by atoms with E-state index in [9.17, 15) is 4.79 Å². The summed E-state index contributed by atoms with van der Waals surface area (Å²) in [7, 11) is 1.63. The van der Waals surface area contributed by atoms with E-state index < -0.39 is 0 Å². The summed E-state index contributed by atoms with van der Waals surface area (Å²) in [4.78, 5) is 19.0. The fourth-order valence-corrected chi connectivity index (χ4v) is 3.19. The van der Waals surface area contributed by atoms with Crippen molar-refractivity contribution < 1.29 is 9.53 Å². The normalized spacial score (nSPS) is 14.5. The third-order valence-corrected chi connectivity index (χ3v) is 4.71. The SMILES string of the molecule is COc1ccccc1CNC(=O)C1CCN(c2ccc(C#N)cn2)CC1. The molecule has 1 aromatic carbocycles. The number of benzene rings is 1. The van der Waals surface area contributed by atoms with E-state index in [1.807, 2.05) is 30.3 Å². The molecule has 0 saturated carbocycles. The standard InChI is InChI=1S/C20H22N4O2/c1-26-18-5-3-2-4-17(18)14-23-20(25)16-8-10-24(11-9-16)19-7-6-15(12-21)13-22-19/h2-7,13,16H,8-11,14H2,1H3,(H,23,25). The van der Waals surface area contributed by atoms with Crippen molar-refractivity contribution in [1.82, 2.24) is 10.3 Å². The highest BCUT2D eigenvalue weighted by Crippen LogP contribution is 2.23. The van der Waals surface area contributed by atoms with Crippen molar-refractivity contribution in [2.45, 2.75) is 19.4 Å². The van der Waals surface area contributed by atoms with Gasteiger partial charge in [-0.1, -0.05) is 18.2 Å². The van der Waals surface area contributed by atoms with E-state index in [4.69, 9.17) is 10.00 Å². The van der Waals surface area contributed by atoms with Crippen LogP contribution in [0.4, 0.5) is 5.82 Å². The number of aromatic nitrogens is 1. The van der Waals surface area contributed by atoms with Gasteiger partial charge in [0.05, 0.1) is 12.7 Å². The Morgan fingerprint density at radius 2 is 2.08 bits per heavy atom. The van der Waals surface area contributed by atoms with Gasteiger partial charge in [-0.25, -0.2) is 4.98 Å². The number of ether oxygens (including phenoxy) is 1. The molecule has 26 heavy (non-hydrogen) atoms. The molecule has 6 nitrogen and oxygen atoms in total. The molecule has 0 bridgehead atoms. The number of carbonyl (C=O) groups excluding carboxylic acids is 1. The van der Waals surface area contributed by atoms with Crippen molar-refractivity contribution in [3.05, 3.63) is 53.7 Å². The lowest BCUT2D eigenvalue weighted by Crippen LogP contribution is -2.40. The van der Waals surface area contributed by atoms with Gasteiger partial charge < -0.3 is 15.0 Å². The molecule has 3 rings (SSSR count). The molecule has 1 aromatic heterocycles. The fourth-order valence-electron chi connectivity index (χ4n) is 3.19. The van der Waals surface area contributed by atoms with Gasteiger partial charge >= 0.3 is 0 Å². The highest BCUT2D eigenvalue weighted by molar-refractivity contribution is 5.79. The minimum atomic E-state index is 0.0133. The molecule has 1 aliphatic rings. The van der Waals surface area contributed by atoms with E-state index in [-0.39, 0.29) is 11.8 Å². The third-order valence-electron chi connectivity index (χ3n) is 4.71. The van der Waals surface area contributed by atoms with Gasteiger partial charge in [0.2, 0.25) is 5.91 Å². The van der Waals surface area contributed by atoms with Crippen molar-refractivity contribution >= 4 is 11.7 Å². The summed E-state index contributed by atoms with van der Waals surface area (Å²) in [6.07, 6.45) is 3.17. The Balaban J connectivity index is 1.51. The van der Waals surface area contributed by atoms with Gasteiger partial charge in [-0.15, -0.1) is 0 Å². The Labute approximate surface area is 153 Å². The monoisotopic (exact) mass is 350 g/mol. The Morgan fingerprint density at radius 3 is 2.73 bits per heavy atom. The van der Waals surface area contributed by atoms with Gasteiger partial charge in [0.1, 0.15) is 17.6 Å². The molecule has 1 amide bonds. The molecule has 0 atom stereocenters. The van der Waals surface area contributed by atoms with E-state index in [2.05, 4.69) is 21.3 Å². The largest absolute Gasteiger partial charge is 0.496 e. The molecule has 6 heteroatoms. The number of methoxy groups -OCH3 is 1. The first kappa shape index (κ1) is 17.7. The number of nitrogens with one attached hydrogen (secondary N) is 1. The smallest absolute Gasteiger partial charge is 0.223 e. The second-order valence-electron chi connectivity index (χ2n) is 6.31. The first-order chi connectivity index (χ1) is 12.7. The van der Waals surface area contributed by atoms with Crippen molar-refractivity contribution in [2.75, 3.05) is 25.1 Å². The summed E-state index contributed by atoms with van der Waals surface area (Å²) in [6, 6.07) is 13.4. The number of piperidine rings is 1. The highest BCUT2D eigenvalue weighted by atomic mass is 16.5. The first-order valence-electron chi connectivity index (χ1n) is 8.72. The molecule has 0 aliphatic carbocycles. The van der Waals surface area contributed by atoms with Gasteiger partial charge in [-0.3, -0.25) is 4.79 Å². The molecule has 1 aliphatic heterocycles. The summed E-state index contributed by atoms with van der Waals surface area (Å²) in [5.74, 6) is 1.74. The highest BCUT2D eigenvalue weighted by Gasteiger charge is 2.25. The van der Waals surface area contributed by atoms with E-state index in [1.165, 1.54) is 0 Å². The molecular formula is C20H22N4O2. The summed E-state index contributed by atoms with van der Waals surface area (Å²) in [5.41, 5.74) is 1.53. The van der Waals surface area contributed by atoms with Crippen LogP contribution in [0.3, 0.4) is 0 Å². The van der Waals surface area contributed by atoms with Crippen LogP contribution in [0.25, 0.3) is 0 Å². The molecule has 0 unspecified atom stereocenters. The van der Waals surface area contributed by atoms with Crippen LogP contribution in [0.5, 0.6) is 5.75 Å². The summed E-state index contributed by atoms with van der Waals surface area (Å²) >= 11 is 0. The number of anilines is 1. The lowest BCUT2D eigenvalue weighted by molar-refractivity contribution is -0.125. The molecule has 2 heterocycles. The van der Waals surface area contributed by atoms with Crippen LogP contribution in [0.1, 0.15) is 24.0 Å². The second-order valence-corrected chi connectivity index (χ2v) is 6.31. The van der Waals surface area contributed by atoms with Crippen LogP contribution in [0.15, 0.2) is 42.6 Å². The van der Waals surface area contributed by atoms with Crippen molar-refractivity contribution in [1.29, 1.82) is 5.26 Å². The zero-order valence-electron chi connectivity index (χ0n) is 14.8. The van der Waals surface area contributed by atoms with Crippen LogP contribution in [0.2, 0.25) is 0 Å². The van der Waals surface area contributed by atoms with Crippen LogP contribution in [-0.4, -0.2) is 31.1 Å². The van der Waals surface area contributed by atoms with E-state index >= 15 is 0 Å². The predicted molar refractivity (Wildman–Crippen MR) is 98.7 cm³/mol. The number of pyridine rings is 1. The summed E-state index contributed by atoms with van der Waals surface area (Å²) in [5, 5.41) is 11.9. The van der Waals surface area contributed by atoms with Crippen LogP contribution in [0, 0.1) is 17.2 Å². The predicted octanol–water partition coefficient (Wildman–Crippen LogP) is 2.49. The molecule has 1 N–H and O–H groups in total. The molecule has 1 saturated heterocycles. The minimum Gasteiger partial charge on any atom is -0.496 e. The molecule has 134 valence electrons. The number of nitrogens with zero attached hydrogens (tertiary/aromatic N) is 3. The fraction of sp³-hybridized carbons (Fsp3) is 0.350. The second kappa shape index (κ2) is 8.34. The lowest BCUT2D eigenvalue weighted by atomic mass is 9.95. The number of hydrogen-bond donors (Lipinski definition) is 1. The Hall–Kier alpha value is -3.07. The van der Waals surface area contributed by atoms with E-state index in [0.717, 1.165) is 43.1 Å². The molecule has 1 fully saturated rings.